The molecule has 0 bridgehead atoms. The molecule has 0 aromatic heterocycles. The van der Waals surface area contributed by atoms with Crippen LogP contribution in [0.3, 0.4) is 0 Å². The van der Waals surface area contributed by atoms with Crippen LogP contribution in [0.1, 0.15) is 0 Å². The van der Waals surface area contributed by atoms with Crippen LogP contribution in [0.5, 0.6) is 0 Å². The monoisotopic (exact) mass is 699 g/mol. The number of benzene rings is 10. The van der Waals surface area contributed by atoms with Gasteiger partial charge in [0.05, 0.1) is 5.69 Å². The van der Waals surface area contributed by atoms with Crippen LogP contribution in [-0.4, -0.2) is 0 Å². The summed E-state index contributed by atoms with van der Waals surface area (Å²) in [6, 6.07) is 81.4. The van der Waals surface area contributed by atoms with Gasteiger partial charge in [-0.15, -0.1) is 0 Å². The average molecular weight is 700 g/mol. The summed E-state index contributed by atoms with van der Waals surface area (Å²) >= 11 is 0. The van der Waals surface area contributed by atoms with E-state index in [-0.39, 0.29) is 0 Å². The fourth-order valence-corrected chi connectivity index (χ4v) is 8.17. The quantitative estimate of drug-likeness (QED) is 0.150. The number of hydrogen-bond acceptors (Lipinski definition) is 1. The Kier molecular flexibility index (Phi) is 8.24. The van der Waals surface area contributed by atoms with Gasteiger partial charge < -0.3 is 4.90 Å². The molecule has 0 N–H and O–H groups in total. The number of hydrogen-bond donors (Lipinski definition) is 0. The highest BCUT2D eigenvalue weighted by Crippen LogP contribution is 2.44. The fraction of sp³-hybridized carbons (Fsp3) is 0. The van der Waals surface area contributed by atoms with Crippen molar-refractivity contribution in [2.75, 3.05) is 4.90 Å². The molecule has 0 aliphatic carbocycles. The van der Waals surface area contributed by atoms with Gasteiger partial charge in [0.1, 0.15) is 0 Å². The Morgan fingerprint density at radius 3 is 1.47 bits per heavy atom. The minimum absolute atomic E-state index is 1.10. The average Bonchev–Trinajstić information content (AvgIpc) is 3.27. The summed E-state index contributed by atoms with van der Waals surface area (Å²) in [4.78, 5) is 2.41. The van der Waals surface area contributed by atoms with Gasteiger partial charge in [0.25, 0.3) is 0 Å². The summed E-state index contributed by atoms with van der Waals surface area (Å²) < 4.78 is 0. The number of para-hydroxylation sites is 1. The second-order valence-corrected chi connectivity index (χ2v) is 14.1. The van der Waals surface area contributed by atoms with Crippen molar-refractivity contribution >= 4 is 49.4 Å². The predicted molar refractivity (Wildman–Crippen MR) is 235 cm³/mol. The van der Waals surface area contributed by atoms with Gasteiger partial charge in [-0.3, -0.25) is 0 Å². The first-order valence-corrected chi connectivity index (χ1v) is 18.9. The van der Waals surface area contributed by atoms with E-state index in [1.165, 1.54) is 76.8 Å². The van der Waals surface area contributed by atoms with Gasteiger partial charge in [-0.2, -0.15) is 0 Å². The van der Waals surface area contributed by atoms with Gasteiger partial charge in [0.2, 0.25) is 0 Å². The molecule has 0 unspecified atom stereocenters. The van der Waals surface area contributed by atoms with Crippen LogP contribution >= 0.6 is 0 Å². The molecule has 258 valence electrons. The van der Waals surface area contributed by atoms with Gasteiger partial charge in [-0.05, 0) is 102 Å². The van der Waals surface area contributed by atoms with Crippen LogP contribution in [0.25, 0.3) is 76.8 Å². The third-order valence-corrected chi connectivity index (χ3v) is 10.8. The molecule has 0 amide bonds. The van der Waals surface area contributed by atoms with E-state index in [4.69, 9.17) is 0 Å². The molecular weight excluding hydrogens is 663 g/mol. The van der Waals surface area contributed by atoms with Crippen molar-refractivity contribution in [2.45, 2.75) is 0 Å². The first-order valence-electron chi connectivity index (χ1n) is 18.9. The molecule has 1 nitrogen and oxygen atoms in total. The summed E-state index contributed by atoms with van der Waals surface area (Å²) in [6.07, 6.45) is 0. The third kappa shape index (κ3) is 6.02. The van der Waals surface area contributed by atoms with E-state index in [0.29, 0.717) is 0 Å². The van der Waals surface area contributed by atoms with Gasteiger partial charge in [0, 0.05) is 16.9 Å². The number of nitrogens with zero attached hydrogens (tertiary/aromatic N) is 1. The highest BCUT2D eigenvalue weighted by molar-refractivity contribution is 6.24. The lowest BCUT2D eigenvalue weighted by molar-refractivity contribution is 1.28. The molecule has 55 heavy (non-hydrogen) atoms. The Hall–Kier alpha value is -7.22. The van der Waals surface area contributed by atoms with Gasteiger partial charge >= 0.3 is 0 Å². The molecule has 0 saturated carbocycles. The van der Waals surface area contributed by atoms with Crippen LogP contribution in [0, 0.1) is 0 Å². The van der Waals surface area contributed by atoms with Crippen molar-refractivity contribution in [3.05, 3.63) is 224 Å². The van der Waals surface area contributed by atoms with Crippen molar-refractivity contribution < 1.29 is 0 Å². The van der Waals surface area contributed by atoms with Crippen molar-refractivity contribution in [1.82, 2.24) is 0 Å². The molecule has 0 radical (unpaired) electrons. The van der Waals surface area contributed by atoms with E-state index >= 15 is 0 Å². The highest BCUT2D eigenvalue weighted by atomic mass is 15.1. The topological polar surface area (TPSA) is 3.24 Å². The highest BCUT2D eigenvalue weighted by Gasteiger charge is 2.19. The van der Waals surface area contributed by atoms with Gasteiger partial charge in [-0.1, -0.05) is 194 Å². The fourth-order valence-electron chi connectivity index (χ4n) is 8.17. The molecule has 0 aliphatic rings. The first kappa shape index (κ1) is 32.4. The van der Waals surface area contributed by atoms with Crippen LogP contribution in [0.2, 0.25) is 0 Å². The Morgan fingerprint density at radius 1 is 0.255 bits per heavy atom. The molecule has 0 fully saturated rings. The minimum Gasteiger partial charge on any atom is -0.310 e. The van der Waals surface area contributed by atoms with E-state index in [9.17, 15) is 0 Å². The maximum Gasteiger partial charge on any atom is 0.0540 e. The van der Waals surface area contributed by atoms with E-state index in [1.807, 2.05) is 0 Å². The van der Waals surface area contributed by atoms with E-state index in [2.05, 4.69) is 229 Å². The summed E-state index contributed by atoms with van der Waals surface area (Å²) in [5, 5.41) is 7.61. The zero-order valence-corrected chi connectivity index (χ0v) is 30.3. The van der Waals surface area contributed by atoms with Crippen LogP contribution < -0.4 is 4.90 Å². The maximum atomic E-state index is 2.41. The second-order valence-electron chi connectivity index (χ2n) is 14.1. The van der Waals surface area contributed by atoms with Crippen LogP contribution in [0.4, 0.5) is 17.1 Å². The first-order chi connectivity index (χ1) is 27.3. The maximum absolute atomic E-state index is 2.41. The summed E-state index contributed by atoms with van der Waals surface area (Å²) in [6.45, 7) is 0. The molecule has 0 aliphatic heterocycles. The minimum atomic E-state index is 1.10. The largest absolute Gasteiger partial charge is 0.310 e. The zero-order valence-electron chi connectivity index (χ0n) is 30.3. The lowest BCUT2D eigenvalue weighted by Gasteiger charge is -2.28. The van der Waals surface area contributed by atoms with Crippen molar-refractivity contribution in [1.29, 1.82) is 0 Å². The number of rotatable bonds is 7. The molecule has 0 saturated heterocycles. The van der Waals surface area contributed by atoms with Gasteiger partial charge in [0.15, 0.2) is 0 Å². The lowest BCUT2D eigenvalue weighted by Crippen LogP contribution is -2.11. The van der Waals surface area contributed by atoms with Crippen molar-refractivity contribution in [3.63, 3.8) is 0 Å². The summed E-state index contributed by atoms with van der Waals surface area (Å²) in [5.41, 5.74) is 12.9. The van der Waals surface area contributed by atoms with E-state index in [0.717, 1.165) is 17.1 Å². The zero-order chi connectivity index (χ0) is 36.6. The van der Waals surface area contributed by atoms with Crippen LogP contribution in [-0.2, 0) is 0 Å². The Labute approximate surface area is 322 Å². The summed E-state index contributed by atoms with van der Waals surface area (Å²) in [5.74, 6) is 0. The standard InChI is InChI=1S/C54H37N/c1-3-13-38(14-4-1)40-25-27-43(28-26-40)49-21-9-10-24-52(49)55(47-35-33-41(34-36-47)39-15-5-2-6-16-39)48-20-11-19-46(37-48)51-23-12-18-44-31-32-45-30-29-42-17-7-8-22-50(42)54(45)53(44)51/h1-37H. The lowest BCUT2D eigenvalue weighted by atomic mass is 9.91. The Bertz CT molecular complexity index is 2940. The Morgan fingerprint density at radius 2 is 0.745 bits per heavy atom. The normalized spacial score (nSPS) is 11.3. The predicted octanol–water partition coefficient (Wildman–Crippen LogP) is 15.3. The number of fused-ring (bicyclic) bond motifs is 5. The Balaban J connectivity index is 1.15. The van der Waals surface area contributed by atoms with Crippen LogP contribution in [0.15, 0.2) is 224 Å². The second kappa shape index (κ2) is 14.0. The summed E-state index contributed by atoms with van der Waals surface area (Å²) in [7, 11) is 0. The molecule has 0 heterocycles. The molecule has 1 heteroatoms. The van der Waals surface area contributed by atoms with E-state index < -0.39 is 0 Å². The third-order valence-electron chi connectivity index (χ3n) is 10.8. The van der Waals surface area contributed by atoms with Gasteiger partial charge in [-0.25, -0.2) is 0 Å². The molecule has 0 spiro atoms. The molecule has 10 aromatic carbocycles. The number of anilines is 3. The smallest absolute Gasteiger partial charge is 0.0540 e. The van der Waals surface area contributed by atoms with E-state index in [1.54, 1.807) is 0 Å². The molecule has 10 rings (SSSR count). The SMILES string of the molecule is c1ccc(-c2ccc(-c3ccccc3N(c3ccc(-c4ccccc4)cc3)c3cccc(-c4cccc5ccc6ccc7ccccc7c6c45)c3)cc2)cc1. The van der Waals surface area contributed by atoms with Crippen molar-refractivity contribution in [2.24, 2.45) is 0 Å². The molecule has 0 atom stereocenters. The molecule has 10 aromatic rings. The van der Waals surface area contributed by atoms with Crippen molar-refractivity contribution in [3.8, 4) is 44.5 Å². The molecular formula is C54H37N.